The van der Waals surface area contributed by atoms with E-state index >= 15 is 0 Å². The third-order valence-corrected chi connectivity index (χ3v) is 9.20. The number of amides is 4. The van der Waals surface area contributed by atoms with Crippen LogP contribution in [-0.2, 0) is 25.5 Å². The van der Waals surface area contributed by atoms with Crippen LogP contribution in [-0.4, -0.2) is 112 Å². The van der Waals surface area contributed by atoms with Gasteiger partial charge in [-0.25, -0.2) is 18.6 Å². The van der Waals surface area contributed by atoms with E-state index in [1.165, 1.54) is 43.6 Å². The van der Waals surface area contributed by atoms with Gasteiger partial charge >= 0.3 is 6.09 Å². The molecule has 14 heteroatoms. The van der Waals surface area contributed by atoms with Gasteiger partial charge in [0.2, 0.25) is 11.8 Å². The van der Waals surface area contributed by atoms with Crippen molar-refractivity contribution in [2.45, 2.75) is 97.1 Å². The second kappa shape index (κ2) is 19.3. The molecule has 4 atom stereocenters. The number of nitrogens with zero attached hydrogens (tertiary/aromatic N) is 5. The van der Waals surface area contributed by atoms with Gasteiger partial charge in [0.25, 0.3) is 5.91 Å². The van der Waals surface area contributed by atoms with Crippen molar-refractivity contribution in [3.8, 4) is 0 Å². The van der Waals surface area contributed by atoms with Gasteiger partial charge in [0.05, 0.1) is 12.4 Å². The first-order valence-electron chi connectivity index (χ1n) is 17.8. The van der Waals surface area contributed by atoms with E-state index in [1.807, 2.05) is 0 Å². The van der Waals surface area contributed by atoms with Gasteiger partial charge in [0.1, 0.15) is 35.0 Å². The number of likely N-dealkylation sites (N-methyl/N-ethyl adjacent to an activating group) is 1. The van der Waals surface area contributed by atoms with Crippen LogP contribution in [0.25, 0.3) is 5.70 Å². The first-order chi connectivity index (χ1) is 24.9. The Hall–Kier alpha value is -4.85. The van der Waals surface area contributed by atoms with Gasteiger partial charge in [-0.3, -0.25) is 19.3 Å². The minimum atomic E-state index is -1.03. The highest BCUT2D eigenvalue weighted by Crippen LogP contribution is 2.24. The molecule has 0 unspecified atom stereocenters. The second-order valence-electron chi connectivity index (χ2n) is 14.2. The quantitative estimate of drug-likeness (QED) is 0.217. The number of halogens is 2. The molecular weight excluding hydrogens is 686 g/mol. The summed E-state index contributed by atoms with van der Waals surface area (Å²) in [5, 5.41) is 2.80. The van der Waals surface area contributed by atoms with Crippen molar-refractivity contribution >= 4 is 29.5 Å². The predicted octanol–water partition coefficient (Wildman–Crippen LogP) is 5.76. The molecule has 53 heavy (non-hydrogen) atoms. The largest absolute Gasteiger partial charge is 0.444 e. The smallest absolute Gasteiger partial charge is 0.410 e. The summed E-state index contributed by atoms with van der Waals surface area (Å²) in [6, 6.07) is 3.88. The first-order valence-corrected chi connectivity index (χ1v) is 17.8. The molecule has 0 bridgehead atoms. The van der Waals surface area contributed by atoms with Gasteiger partial charge < -0.3 is 29.2 Å². The maximum Gasteiger partial charge on any atom is 0.410 e. The van der Waals surface area contributed by atoms with Crippen LogP contribution in [0, 0.1) is 5.82 Å². The molecule has 1 aliphatic rings. The highest BCUT2D eigenvalue weighted by molar-refractivity contribution is 5.93. The molecule has 0 aliphatic carbocycles. The fourth-order valence-electron chi connectivity index (χ4n) is 5.74. The Morgan fingerprint density at radius 3 is 2.43 bits per heavy atom. The SMILES string of the molecule is C=C/C(F)=C\C=C(/C)n1cnc(C(=O)N(CCc2ccc(F)cc2)CC[C@@H]2CCCN2C(=O)[C@@H](NC(=O)[C@H](C)N(C)C(=O)OC(C)(C)C)[C@@H](C)OC)c1. The van der Waals surface area contributed by atoms with E-state index in [1.54, 1.807) is 80.3 Å². The molecule has 1 saturated heterocycles. The Kier molecular flexibility index (Phi) is 15.5. The Morgan fingerprint density at radius 1 is 1.13 bits per heavy atom. The normalized spacial score (nSPS) is 16.8. The van der Waals surface area contributed by atoms with Crippen LogP contribution in [0.5, 0.6) is 0 Å². The summed E-state index contributed by atoms with van der Waals surface area (Å²) < 4.78 is 39.7. The van der Waals surface area contributed by atoms with E-state index in [2.05, 4.69) is 16.9 Å². The molecule has 3 rings (SSSR count). The van der Waals surface area contributed by atoms with Crippen LogP contribution in [0.3, 0.4) is 0 Å². The van der Waals surface area contributed by atoms with Gasteiger partial charge in [-0.1, -0.05) is 18.7 Å². The standard InChI is InChI=1S/C39H54F2N6O6/c1-10-30(40)16-13-26(2)46-24-33(42-25-46)36(49)45(22-19-29-14-17-31(41)18-15-29)23-20-32-12-11-21-47(32)37(50)34(28(4)52-9)43-35(48)27(3)44(8)38(51)53-39(5,6)7/h10,13-18,24-25,27-28,32,34H,1,11-12,19-23H2,2-9H3,(H,43,48)/b26-13+,30-16+/t27-,28+,32-,34-/m0/s1. The molecule has 2 heterocycles. The van der Waals surface area contributed by atoms with Crippen molar-refractivity contribution in [3.05, 3.63) is 84.5 Å². The third-order valence-electron chi connectivity index (χ3n) is 9.20. The minimum Gasteiger partial charge on any atom is -0.444 e. The lowest BCUT2D eigenvalue weighted by Gasteiger charge is -2.34. The van der Waals surface area contributed by atoms with Crippen LogP contribution in [0.15, 0.2) is 67.4 Å². The Balaban J connectivity index is 1.78. The number of ether oxygens (including phenoxy) is 2. The molecule has 1 aromatic carbocycles. The first kappa shape index (κ1) is 42.6. The summed E-state index contributed by atoms with van der Waals surface area (Å²) in [5.41, 5.74) is 0.913. The van der Waals surface area contributed by atoms with E-state index < -0.39 is 41.6 Å². The van der Waals surface area contributed by atoms with E-state index in [0.717, 1.165) is 18.1 Å². The van der Waals surface area contributed by atoms with Crippen molar-refractivity contribution in [1.82, 2.24) is 29.6 Å². The van der Waals surface area contributed by atoms with E-state index in [0.29, 0.717) is 38.0 Å². The van der Waals surface area contributed by atoms with Gasteiger partial charge in [0, 0.05) is 51.7 Å². The molecular formula is C39H54F2N6O6. The molecule has 2 aromatic rings. The van der Waals surface area contributed by atoms with Gasteiger partial charge in [-0.2, -0.15) is 0 Å². The summed E-state index contributed by atoms with van der Waals surface area (Å²) in [5.74, 6) is -2.05. The lowest BCUT2D eigenvalue weighted by atomic mass is 10.1. The molecule has 1 fully saturated rings. The summed E-state index contributed by atoms with van der Waals surface area (Å²) in [7, 11) is 2.91. The van der Waals surface area contributed by atoms with Crippen molar-refractivity contribution in [2.75, 3.05) is 33.8 Å². The maximum absolute atomic E-state index is 14.1. The van der Waals surface area contributed by atoms with Crippen LogP contribution in [0.1, 0.15) is 76.9 Å². The average Bonchev–Trinajstić information content (AvgIpc) is 3.82. The van der Waals surface area contributed by atoms with Crippen molar-refractivity contribution in [3.63, 3.8) is 0 Å². The van der Waals surface area contributed by atoms with Crippen LogP contribution in [0.4, 0.5) is 13.6 Å². The number of rotatable bonds is 16. The zero-order valence-corrected chi connectivity index (χ0v) is 32.1. The van der Waals surface area contributed by atoms with Gasteiger partial charge in [0.15, 0.2) is 0 Å². The molecule has 1 aromatic heterocycles. The van der Waals surface area contributed by atoms with Crippen molar-refractivity contribution in [1.29, 1.82) is 0 Å². The predicted molar refractivity (Wildman–Crippen MR) is 199 cm³/mol. The van der Waals surface area contributed by atoms with E-state index in [4.69, 9.17) is 9.47 Å². The number of carbonyl (C=O) groups is 4. The zero-order valence-electron chi connectivity index (χ0n) is 32.1. The summed E-state index contributed by atoms with van der Waals surface area (Å²) >= 11 is 0. The fourth-order valence-corrected chi connectivity index (χ4v) is 5.74. The number of benzene rings is 1. The number of likely N-dealkylation sites (tertiary alicyclic amines) is 1. The number of nitrogens with one attached hydrogen (secondary N) is 1. The highest BCUT2D eigenvalue weighted by Gasteiger charge is 2.38. The molecule has 0 saturated carbocycles. The van der Waals surface area contributed by atoms with Crippen molar-refractivity contribution in [2.24, 2.45) is 0 Å². The fraction of sp³-hybridized carbons (Fsp3) is 0.513. The van der Waals surface area contributed by atoms with Crippen LogP contribution >= 0.6 is 0 Å². The number of methoxy groups -OCH3 is 1. The van der Waals surface area contributed by atoms with Crippen molar-refractivity contribution < 1.29 is 37.4 Å². The lowest BCUT2D eigenvalue weighted by Crippen LogP contribution is -2.58. The minimum absolute atomic E-state index is 0.187. The number of hydrogen-bond acceptors (Lipinski definition) is 7. The average molecular weight is 741 g/mol. The molecule has 1 aliphatic heterocycles. The molecule has 4 amide bonds. The number of allylic oxidation sites excluding steroid dienone is 5. The van der Waals surface area contributed by atoms with E-state index in [9.17, 15) is 28.0 Å². The van der Waals surface area contributed by atoms with Crippen LogP contribution in [0.2, 0.25) is 0 Å². The second-order valence-corrected chi connectivity index (χ2v) is 14.2. The summed E-state index contributed by atoms with van der Waals surface area (Å²) in [6.45, 7) is 14.6. The van der Waals surface area contributed by atoms with Gasteiger partial charge in [-0.05, 0) is 103 Å². The lowest BCUT2D eigenvalue weighted by molar-refractivity contribution is -0.141. The molecule has 0 spiro atoms. The zero-order chi connectivity index (χ0) is 39.5. The third kappa shape index (κ3) is 12.4. The number of hydrogen-bond donors (Lipinski definition) is 1. The topological polar surface area (TPSA) is 126 Å². The van der Waals surface area contributed by atoms with Gasteiger partial charge in [-0.15, -0.1) is 0 Å². The maximum atomic E-state index is 14.1. The molecule has 1 N–H and O–H groups in total. The molecule has 12 nitrogen and oxygen atoms in total. The Bertz CT molecular complexity index is 1650. The number of aromatic nitrogens is 2. The molecule has 0 radical (unpaired) electrons. The molecule has 290 valence electrons. The summed E-state index contributed by atoms with van der Waals surface area (Å²) in [6.07, 6.45) is 7.93. The highest BCUT2D eigenvalue weighted by atomic mass is 19.1. The monoisotopic (exact) mass is 740 g/mol. The Labute approximate surface area is 311 Å². The van der Waals surface area contributed by atoms with E-state index in [-0.39, 0.29) is 35.9 Å². The number of carbonyl (C=O) groups excluding carboxylic acids is 4. The summed E-state index contributed by atoms with van der Waals surface area (Å²) in [4.78, 5) is 62.9. The van der Waals surface area contributed by atoms with Crippen LogP contribution < -0.4 is 5.32 Å². The number of imidazole rings is 1. The Morgan fingerprint density at radius 2 is 1.81 bits per heavy atom.